The molecule has 0 spiro atoms. The predicted octanol–water partition coefficient (Wildman–Crippen LogP) is 3.14. The van der Waals surface area contributed by atoms with E-state index in [0.717, 1.165) is 51.9 Å². The van der Waals surface area contributed by atoms with Crippen molar-refractivity contribution in [3.63, 3.8) is 0 Å². The molecule has 0 aromatic rings. The first-order valence-corrected chi connectivity index (χ1v) is 13.7. The molecule has 1 aliphatic rings. The van der Waals surface area contributed by atoms with E-state index >= 15 is 0 Å². The van der Waals surface area contributed by atoms with Gasteiger partial charge in [-0.15, -0.1) is 0 Å². The summed E-state index contributed by atoms with van der Waals surface area (Å²) in [5, 5.41) is 7.56. The summed E-state index contributed by atoms with van der Waals surface area (Å²) in [5.41, 5.74) is 0. The first kappa shape index (κ1) is 16.5. The fourth-order valence-corrected chi connectivity index (χ4v) is 11.0. The minimum absolute atomic E-state index is 0.850. The first-order chi connectivity index (χ1) is 7.86. The van der Waals surface area contributed by atoms with Crippen LogP contribution in [0.15, 0.2) is 0 Å². The van der Waals surface area contributed by atoms with Gasteiger partial charge in [0.05, 0.1) is 0 Å². The molecule has 0 bridgehead atoms. The summed E-state index contributed by atoms with van der Waals surface area (Å²) >= 11 is 14.7. The van der Waals surface area contributed by atoms with Crippen molar-refractivity contribution in [2.45, 2.75) is 31.8 Å². The topological polar surface area (TPSA) is 0 Å². The van der Waals surface area contributed by atoms with Gasteiger partial charge in [-0.3, -0.25) is 0 Å². The third kappa shape index (κ3) is 7.78. The van der Waals surface area contributed by atoms with Gasteiger partial charge in [-0.05, 0) is 0 Å². The average Bonchev–Trinajstić information content (AvgIpc) is 2.32. The molecule has 6 heteroatoms. The Labute approximate surface area is 132 Å². The molecule has 2 atom stereocenters. The Balaban J connectivity index is 2.00. The summed E-state index contributed by atoms with van der Waals surface area (Å²) in [6, 6.07) is 0. The van der Waals surface area contributed by atoms with E-state index in [9.17, 15) is 0 Å². The van der Waals surface area contributed by atoms with Crippen LogP contribution in [0.5, 0.6) is 0 Å². The summed E-state index contributed by atoms with van der Waals surface area (Å²) in [6.07, 6.45) is 0. The Hall–Kier alpha value is 2.44. The Kier molecular flexibility index (Phi) is 11.6. The van der Waals surface area contributed by atoms with Crippen LogP contribution in [0.25, 0.3) is 0 Å². The van der Waals surface area contributed by atoms with Gasteiger partial charge in [0.25, 0.3) is 0 Å². The molecule has 0 amide bonds. The molecule has 96 valence electrons. The maximum absolute atomic E-state index is 4.28. The molecule has 0 nitrogen and oxygen atoms in total. The molecule has 0 aromatic heterocycles. The van der Waals surface area contributed by atoms with Crippen LogP contribution in [0.1, 0.15) is 0 Å². The van der Waals surface area contributed by atoms with E-state index in [4.69, 9.17) is 0 Å². The van der Waals surface area contributed by atoms with Crippen LogP contribution in [-0.2, 0) is 0 Å². The fourth-order valence-electron chi connectivity index (χ4n) is 1.33. The van der Waals surface area contributed by atoms with Gasteiger partial charge in [0, 0.05) is 0 Å². The standard InChI is InChI=1S/C10H20S4Se2/c11-1-3-15-7-9-5-14-10(6-13-9)8-16-4-2-12/h9-12H,1-8H2. The Morgan fingerprint density at radius 3 is 1.62 bits per heavy atom. The van der Waals surface area contributed by atoms with Crippen molar-refractivity contribution in [1.82, 2.24) is 0 Å². The van der Waals surface area contributed by atoms with E-state index in [2.05, 4.69) is 48.8 Å². The molecule has 1 heterocycles. The molecule has 0 radical (unpaired) electrons. The molecule has 0 aliphatic carbocycles. The van der Waals surface area contributed by atoms with Gasteiger partial charge in [-0.2, -0.15) is 0 Å². The van der Waals surface area contributed by atoms with E-state index in [0.29, 0.717) is 0 Å². The summed E-state index contributed by atoms with van der Waals surface area (Å²) < 4.78 is 0. The zero-order valence-electron chi connectivity index (χ0n) is 9.34. The van der Waals surface area contributed by atoms with E-state index in [-0.39, 0.29) is 0 Å². The molecule has 0 N–H and O–H groups in total. The predicted molar refractivity (Wildman–Crippen MR) is 90.9 cm³/mol. The molecule has 1 aliphatic heterocycles. The van der Waals surface area contributed by atoms with Gasteiger partial charge in [-0.1, -0.05) is 0 Å². The molecule has 16 heavy (non-hydrogen) atoms. The van der Waals surface area contributed by atoms with Crippen molar-refractivity contribution in [1.29, 1.82) is 0 Å². The van der Waals surface area contributed by atoms with Crippen molar-refractivity contribution in [2.75, 3.05) is 23.0 Å². The Morgan fingerprint density at radius 2 is 1.31 bits per heavy atom. The van der Waals surface area contributed by atoms with E-state index in [1.54, 1.807) is 0 Å². The van der Waals surface area contributed by atoms with Crippen LogP contribution in [0, 0.1) is 0 Å². The normalized spacial score (nSPS) is 25.9. The number of thiol groups is 2. The monoisotopic (exact) mass is 428 g/mol. The fraction of sp³-hybridized carbons (Fsp3) is 1.00. The minimum atomic E-state index is 0.850. The zero-order chi connectivity index (χ0) is 11.6. The van der Waals surface area contributed by atoms with Crippen LogP contribution in [0.3, 0.4) is 0 Å². The van der Waals surface area contributed by atoms with Crippen molar-refractivity contribution in [3.8, 4) is 0 Å². The molecular weight excluding hydrogens is 406 g/mol. The second-order valence-electron chi connectivity index (χ2n) is 3.51. The van der Waals surface area contributed by atoms with Crippen molar-refractivity contribution in [2.24, 2.45) is 0 Å². The number of hydrogen-bond donors (Lipinski definition) is 2. The van der Waals surface area contributed by atoms with E-state index in [1.807, 2.05) is 0 Å². The molecule has 0 saturated carbocycles. The number of thioether (sulfide) groups is 2. The van der Waals surface area contributed by atoms with Crippen LogP contribution in [-0.4, -0.2) is 63.4 Å². The molecule has 2 unspecified atom stereocenters. The van der Waals surface area contributed by atoms with Gasteiger partial charge in [0.1, 0.15) is 0 Å². The summed E-state index contributed by atoms with van der Waals surface area (Å²) in [4.78, 5) is 0. The van der Waals surface area contributed by atoms with Gasteiger partial charge < -0.3 is 0 Å². The molecule has 1 saturated heterocycles. The molecular formula is C10H20S4Se2. The van der Waals surface area contributed by atoms with Gasteiger partial charge >= 0.3 is 133 Å². The average molecular weight is 426 g/mol. The van der Waals surface area contributed by atoms with Crippen LogP contribution < -0.4 is 0 Å². The maximum atomic E-state index is 4.28. The van der Waals surface area contributed by atoms with Crippen LogP contribution in [0.4, 0.5) is 0 Å². The molecule has 1 rings (SSSR count). The SMILES string of the molecule is SCC[Se]CC1CSC(C[Se]CCS)CS1. The summed E-state index contributed by atoms with van der Waals surface area (Å²) in [7, 11) is 0. The Morgan fingerprint density at radius 1 is 0.875 bits per heavy atom. The molecule has 0 aromatic carbocycles. The second-order valence-corrected chi connectivity index (χ2v) is 11.9. The molecule has 1 fully saturated rings. The zero-order valence-corrected chi connectivity index (χ0v) is 16.2. The van der Waals surface area contributed by atoms with Gasteiger partial charge in [0.15, 0.2) is 0 Å². The van der Waals surface area contributed by atoms with E-state index < -0.39 is 0 Å². The van der Waals surface area contributed by atoms with Crippen molar-refractivity contribution in [3.05, 3.63) is 0 Å². The second kappa shape index (κ2) is 11.3. The van der Waals surface area contributed by atoms with Crippen molar-refractivity contribution < 1.29 is 0 Å². The third-order valence-corrected chi connectivity index (χ3v) is 12.8. The van der Waals surface area contributed by atoms with Crippen LogP contribution >= 0.6 is 48.8 Å². The van der Waals surface area contributed by atoms with Gasteiger partial charge in [0.2, 0.25) is 0 Å². The van der Waals surface area contributed by atoms with Gasteiger partial charge in [-0.25, -0.2) is 0 Å². The van der Waals surface area contributed by atoms with Crippen LogP contribution in [0.2, 0.25) is 21.3 Å². The quantitative estimate of drug-likeness (QED) is 0.348. The number of rotatable bonds is 8. The third-order valence-electron chi connectivity index (χ3n) is 2.11. The summed E-state index contributed by atoms with van der Waals surface area (Å²) in [6.45, 7) is 0. The summed E-state index contributed by atoms with van der Waals surface area (Å²) in [5.74, 6) is 4.97. The van der Waals surface area contributed by atoms with Crippen molar-refractivity contribution >= 4 is 78.7 Å². The Bertz CT molecular complexity index is 145. The number of hydrogen-bond acceptors (Lipinski definition) is 4. The van der Waals surface area contributed by atoms with E-state index in [1.165, 1.54) is 32.8 Å². The first-order valence-electron chi connectivity index (χ1n) is 5.47.